The van der Waals surface area contributed by atoms with Gasteiger partial charge in [0.15, 0.2) is 0 Å². The second kappa shape index (κ2) is 6.51. The molecule has 2 heterocycles. The molecule has 0 bridgehead atoms. The first-order chi connectivity index (χ1) is 9.61. The maximum absolute atomic E-state index is 12.1. The number of aromatic nitrogens is 4. The summed E-state index contributed by atoms with van der Waals surface area (Å²) < 4.78 is 0. The third-order valence-electron chi connectivity index (χ3n) is 2.98. The molecule has 0 unspecified atom stereocenters. The Balaban J connectivity index is 2.07. The van der Waals surface area contributed by atoms with E-state index in [0.29, 0.717) is 10.8 Å². The second-order valence-corrected chi connectivity index (χ2v) is 5.55. The number of aryl methyl sites for hydroxylation is 2. The predicted octanol–water partition coefficient (Wildman–Crippen LogP) is 2.54. The molecule has 1 N–H and O–H groups in total. The summed E-state index contributed by atoms with van der Waals surface area (Å²) in [6.45, 7) is 5.81. The van der Waals surface area contributed by atoms with Crippen LogP contribution in [0.15, 0.2) is 6.33 Å². The molecule has 0 atom stereocenters. The zero-order valence-electron chi connectivity index (χ0n) is 11.8. The highest BCUT2D eigenvalue weighted by Gasteiger charge is 2.15. The fourth-order valence-corrected chi connectivity index (χ4v) is 2.43. The third-order valence-corrected chi connectivity index (χ3v) is 3.88. The maximum atomic E-state index is 12.1. The zero-order valence-corrected chi connectivity index (χ0v) is 12.6. The Morgan fingerprint density at radius 3 is 2.85 bits per heavy atom. The van der Waals surface area contributed by atoms with Crippen LogP contribution in [0.3, 0.4) is 0 Å². The van der Waals surface area contributed by atoms with Gasteiger partial charge in [0.05, 0.1) is 0 Å². The number of anilines is 1. The lowest BCUT2D eigenvalue weighted by atomic mass is 10.2. The monoisotopic (exact) mass is 291 g/mol. The predicted molar refractivity (Wildman–Crippen MR) is 78.0 cm³/mol. The van der Waals surface area contributed by atoms with Crippen LogP contribution in [0, 0.1) is 13.8 Å². The highest BCUT2D eigenvalue weighted by molar-refractivity contribution is 7.15. The molecule has 106 valence electrons. The summed E-state index contributed by atoms with van der Waals surface area (Å²) in [6, 6.07) is 0. The van der Waals surface area contributed by atoms with E-state index in [-0.39, 0.29) is 5.91 Å². The van der Waals surface area contributed by atoms with Crippen molar-refractivity contribution in [3.63, 3.8) is 0 Å². The van der Waals surface area contributed by atoms with E-state index < -0.39 is 0 Å². The Labute approximate surface area is 121 Å². The van der Waals surface area contributed by atoms with Crippen molar-refractivity contribution in [1.29, 1.82) is 0 Å². The van der Waals surface area contributed by atoms with Crippen molar-refractivity contribution in [2.24, 2.45) is 0 Å². The van der Waals surface area contributed by atoms with Crippen molar-refractivity contribution in [1.82, 2.24) is 20.2 Å². The van der Waals surface area contributed by atoms with E-state index >= 15 is 0 Å². The third kappa shape index (κ3) is 3.36. The summed E-state index contributed by atoms with van der Waals surface area (Å²) in [5.74, 6) is -0.272. The Morgan fingerprint density at radius 1 is 1.30 bits per heavy atom. The van der Waals surface area contributed by atoms with E-state index in [4.69, 9.17) is 0 Å². The first-order valence-corrected chi connectivity index (χ1v) is 7.35. The molecular formula is C13H17N5OS. The van der Waals surface area contributed by atoms with E-state index in [9.17, 15) is 4.79 Å². The molecule has 6 nitrogen and oxygen atoms in total. The van der Waals surface area contributed by atoms with Gasteiger partial charge in [-0.25, -0.2) is 9.97 Å². The van der Waals surface area contributed by atoms with Gasteiger partial charge in [-0.15, -0.1) is 10.2 Å². The van der Waals surface area contributed by atoms with Gasteiger partial charge in [-0.1, -0.05) is 24.7 Å². The lowest BCUT2D eigenvalue weighted by molar-refractivity contribution is 0.102. The molecule has 0 aromatic carbocycles. The van der Waals surface area contributed by atoms with Crippen molar-refractivity contribution in [3.8, 4) is 0 Å². The number of unbranched alkanes of at least 4 members (excludes halogenated alkanes) is 1. The summed E-state index contributed by atoms with van der Waals surface area (Å²) in [5.41, 5.74) is 1.95. The van der Waals surface area contributed by atoms with E-state index in [2.05, 4.69) is 32.4 Å². The lowest BCUT2D eigenvalue weighted by Gasteiger charge is -2.05. The first kappa shape index (κ1) is 14.5. The Morgan fingerprint density at radius 2 is 2.10 bits per heavy atom. The molecule has 7 heteroatoms. The lowest BCUT2D eigenvalue weighted by Crippen LogP contribution is -2.16. The van der Waals surface area contributed by atoms with Crippen LogP contribution in [0.1, 0.15) is 46.5 Å². The normalized spacial score (nSPS) is 10.6. The van der Waals surface area contributed by atoms with Crippen LogP contribution < -0.4 is 5.32 Å². The minimum absolute atomic E-state index is 0.272. The Bertz CT molecular complexity index is 611. The van der Waals surface area contributed by atoms with Gasteiger partial charge in [-0.2, -0.15) is 0 Å². The molecule has 1 amide bonds. The summed E-state index contributed by atoms with van der Waals surface area (Å²) >= 11 is 1.41. The van der Waals surface area contributed by atoms with Crippen molar-refractivity contribution < 1.29 is 4.79 Å². The fraction of sp³-hybridized carbons (Fsp3) is 0.462. The van der Waals surface area contributed by atoms with Gasteiger partial charge in [0.25, 0.3) is 5.91 Å². The van der Waals surface area contributed by atoms with E-state index in [0.717, 1.165) is 35.5 Å². The molecule has 0 aliphatic carbocycles. The van der Waals surface area contributed by atoms with Crippen LogP contribution in [0.4, 0.5) is 5.13 Å². The number of carbonyl (C=O) groups excluding carboxylic acids is 1. The number of nitrogens with zero attached hydrogens (tertiary/aromatic N) is 4. The van der Waals surface area contributed by atoms with Gasteiger partial charge >= 0.3 is 0 Å². The van der Waals surface area contributed by atoms with Crippen LogP contribution in [0.2, 0.25) is 0 Å². The summed E-state index contributed by atoms with van der Waals surface area (Å²) in [7, 11) is 0. The van der Waals surface area contributed by atoms with Crippen LogP contribution in [0.25, 0.3) is 0 Å². The zero-order chi connectivity index (χ0) is 14.5. The Hall–Kier alpha value is -1.89. The number of nitrogens with one attached hydrogen (secondary N) is 1. The Kier molecular flexibility index (Phi) is 4.73. The molecule has 0 aliphatic rings. The van der Waals surface area contributed by atoms with E-state index in [1.54, 1.807) is 0 Å². The summed E-state index contributed by atoms with van der Waals surface area (Å²) in [4.78, 5) is 20.2. The van der Waals surface area contributed by atoms with Crippen molar-refractivity contribution in [2.45, 2.75) is 40.0 Å². The van der Waals surface area contributed by atoms with Crippen molar-refractivity contribution in [3.05, 3.63) is 28.3 Å². The molecule has 0 radical (unpaired) electrons. The quantitative estimate of drug-likeness (QED) is 0.915. The maximum Gasteiger partial charge on any atom is 0.276 e. The van der Waals surface area contributed by atoms with Gasteiger partial charge in [0.1, 0.15) is 17.0 Å². The molecule has 0 saturated carbocycles. The SMILES string of the molecule is CCCCc1nnc(NC(=O)c2ncnc(C)c2C)s1. The molecule has 0 aliphatic heterocycles. The highest BCUT2D eigenvalue weighted by atomic mass is 32.1. The number of amides is 1. The number of carbonyl (C=O) groups is 1. The van der Waals surface area contributed by atoms with Gasteiger partial charge in [-0.05, 0) is 20.3 Å². The second-order valence-electron chi connectivity index (χ2n) is 4.49. The van der Waals surface area contributed by atoms with Crippen molar-refractivity contribution >= 4 is 22.4 Å². The molecule has 2 rings (SSSR count). The van der Waals surface area contributed by atoms with Gasteiger partial charge < -0.3 is 0 Å². The smallest absolute Gasteiger partial charge is 0.276 e. The van der Waals surface area contributed by atoms with E-state index in [1.165, 1.54) is 17.7 Å². The molecule has 0 saturated heterocycles. The number of hydrogen-bond acceptors (Lipinski definition) is 6. The first-order valence-electron chi connectivity index (χ1n) is 6.53. The number of rotatable bonds is 5. The van der Waals surface area contributed by atoms with Crippen LogP contribution in [-0.2, 0) is 6.42 Å². The summed E-state index contributed by atoms with van der Waals surface area (Å²) in [6.07, 6.45) is 4.48. The average Bonchev–Trinajstić information content (AvgIpc) is 2.87. The van der Waals surface area contributed by atoms with Crippen LogP contribution in [0.5, 0.6) is 0 Å². The standard InChI is InChI=1S/C13H17N5OS/c1-4-5-6-10-17-18-13(20-10)16-12(19)11-8(2)9(3)14-7-15-11/h7H,4-6H2,1-3H3,(H,16,18,19). The molecule has 0 spiro atoms. The fourth-order valence-electron chi connectivity index (χ4n) is 1.66. The molecule has 0 fully saturated rings. The number of hydrogen-bond donors (Lipinski definition) is 1. The minimum atomic E-state index is -0.272. The average molecular weight is 291 g/mol. The topological polar surface area (TPSA) is 80.7 Å². The molecule has 20 heavy (non-hydrogen) atoms. The minimum Gasteiger partial charge on any atom is -0.295 e. The highest BCUT2D eigenvalue weighted by Crippen LogP contribution is 2.18. The van der Waals surface area contributed by atoms with E-state index in [1.807, 2.05) is 13.8 Å². The van der Waals surface area contributed by atoms with Gasteiger partial charge in [0, 0.05) is 17.7 Å². The van der Waals surface area contributed by atoms with Crippen LogP contribution >= 0.6 is 11.3 Å². The molecular weight excluding hydrogens is 274 g/mol. The van der Waals surface area contributed by atoms with Gasteiger partial charge in [0.2, 0.25) is 5.13 Å². The summed E-state index contributed by atoms with van der Waals surface area (Å²) in [5, 5.41) is 12.2. The van der Waals surface area contributed by atoms with Crippen LogP contribution in [-0.4, -0.2) is 26.1 Å². The van der Waals surface area contributed by atoms with Gasteiger partial charge in [-0.3, -0.25) is 10.1 Å². The molecule has 2 aromatic heterocycles. The van der Waals surface area contributed by atoms with Crippen molar-refractivity contribution in [2.75, 3.05) is 5.32 Å². The largest absolute Gasteiger partial charge is 0.295 e. The molecule has 2 aromatic rings.